The molecule has 0 aliphatic carbocycles. The molecule has 0 spiro atoms. The van der Waals surface area contributed by atoms with Crippen molar-refractivity contribution in [2.24, 2.45) is 0 Å². The first-order valence-corrected chi connectivity index (χ1v) is 12.1. The van der Waals surface area contributed by atoms with E-state index in [1.807, 2.05) is 34.7 Å². The lowest BCUT2D eigenvalue weighted by Crippen LogP contribution is -2.46. The second kappa shape index (κ2) is 6.81. The Morgan fingerprint density at radius 1 is 1.34 bits per heavy atom. The molecule has 0 N–H and O–H groups in total. The first-order valence-electron chi connectivity index (χ1n) is 9.59. The highest BCUT2D eigenvalue weighted by Crippen LogP contribution is 2.31. The summed E-state index contributed by atoms with van der Waals surface area (Å²) in [5, 5.41) is 4.39. The molecule has 29 heavy (non-hydrogen) atoms. The van der Waals surface area contributed by atoms with E-state index in [0.29, 0.717) is 38.2 Å². The fourth-order valence-electron chi connectivity index (χ4n) is 4.12. The molecule has 1 aromatic carbocycles. The maximum atomic E-state index is 13.1. The Balaban J connectivity index is 1.40. The van der Waals surface area contributed by atoms with Crippen LogP contribution in [0, 0.1) is 0 Å². The van der Waals surface area contributed by atoms with Gasteiger partial charge in [0.2, 0.25) is 15.9 Å². The molecule has 0 unspecified atom stereocenters. The van der Waals surface area contributed by atoms with E-state index in [4.69, 9.17) is 0 Å². The largest absolute Gasteiger partial charge is 0.332 e. The number of carbonyl (C=O) groups is 1. The lowest BCUT2D eigenvalue weighted by Gasteiger charge is -2.35. The predicted octanol–water partition coefficient (Wildman–Crippen LogP) is 2.01. The van der Waals surface area contributed by atoms with Gasteiger partial charge in [-0.05, 0) is 31.0 Å². The van der Waals surface area contributed by atoms with E-state index < -0.39 is 10.0 Å². The summed E-state index contributed by atoms with van der Waals surface area (Å²) in [4.78, 5) is 19.2. The van der Waals surface area contributed by atoms with Crippen LogP contribution in [0.5, 0.6) is 0 Å². The molecule has 1 atom stereocenters. The lowest BCUT2D eigenvalue weighted by atomic mass is 10.1. The number of hydrogen-bond acceptors (Lipinski definition) is 6. The molecule has 3 aromatic rings. The summed E-state index contributed by atoms with van der Waals surface area (Å²) in [5.74, 6) is 0.195. The van der Waals surface area contributed by atoms with Gasteiger partial charge in [-0.15, -0.1) is 11.3 Å². The molecular weight excluding hydrogens is 410 g/mol. The van der Waals surface area contributed by atoms with Crippen LogP contribution in [0.25, 0.3) is 10.2 Å². The number of nitrogens with zero attached hydrogens (tertiary/aromatic N) is 5. The van der Waals surface area contributed by atoms with Gasteiger partial charge in [0.1, 0.15) is 0 Å². The Hall–Kier alpha value is -2.46. The van der Waals surface area contributed by atoms with Crippen molar-refractivity contribution in [3.8, 4) is 0 Å². The third-order valence-corrected chi connectivity index (χ3v) is 8.30. The Labute approximate surface area is 172 Å². The van der Waals surface area contributed by atoms with E-state index in [0.717, 1.165) is 21.5 Å². The Morgan fingerprint density at radius 3 is 3.00 bits per heavy atom. The van der Waals surface area contributed by atoms with Gasteiger partial charge in [0.15, 0.2) is 0 Å². The molecule has 2 aromatic heterocycles. The third kappa shape index (κ3) is 3.20. The summed E-state index contributed by atoms with van der Waals surface area (Å²) in [6, 6.07) is 5.90. The van der Waals surface area contributed by atoms with E-state index in [9.17, 15) is 13.2 Å². The molecule has 1 fully saturated rings. The highest BCUT2D eigenvalue weighted by Gasteiger charge is 2.35. The Morgan fingerprint density at radius 2 is 2.21 bits per heavy atom. The standard InChI is InChI=1S/C19H21N5O3S2/c1-13-10-23-17(16(9-21-23)24-5-2-6-29(24,26)27)11-22(13)19(25)8-14-3-4-15-18(7-14)28-12-20-15/h3-4,7,9,12-13H,2,5-6,8,10-11H2,1H3/t13-/m0/s1. The van der Waals surface area contributed by atoms with Crippen LogP contribution < -0.4 is 4.31 Å². The molecule has 5 rings (SSSR count). The summed E-state index contributed by atoms with van der Waals surface area (Å²) >= 11 is 1.56. The number of aromatic nitrogens is 3. The number of amides is 1. The summed E-state index contributed by atoms with van der Waals surface area (Å²) in [6.45, 7) is 3.40. The predicted molar refractivity (Wildman–Crippen MR) is 111 cm³/mol. The highest BCUT2D eigenvalue weighted by atomic mass is 32.2. The maximum Gasteiger partial charge on any atom is 0.235 e. The van der Waals surface area contributed by atoms with E-state index in [1.54, 1.807) is 23.0 Å². The van der Waals surface area contributed by atoms with Crippen molar-refractivity contribution >= 4 is 43.2 Å². The number of hydrogen-bond donors (Lipinski definition) is 0. The van der Waals surface area contributed by atoms with Crippen LogP contribution in [0.4, 0.5) is 5.69 Å². The van der Waals surface area contributed by atoms with Crippen LogP contribution in [0.15, 0.2) is 29.9 Å². The van der Waals surface area contributed by atoms with Gasteiger partial charge in [-0.25, -0.2) is 13.4 Å². The van der Waals surface area contributed by atoms with Gasteiger partial charge in [0, 0.05) is 12.6 Å². The summed E-state index contributed by atoms with van der Waals surface area (Å²) < 4.78 is 29.1. The smallest absolute Gasteiger partial charge is 0.235 e. The number of carbonyl (C=O) groups excluding carboxylic acids is 1. The van der Waals surface area contributed by atoms with Gasteiger partial charge in [0.05, 0.1) is 58.6 Å². The third-order valence-electron chi connectivity index (χ3n) is 5.66. The zero-order valence-corrected chi connectivity index (χ0v) is 17.6. The number of benzene rings is 1. The molecular formula is C19H21N5O3S2. The number of sulfonamides is 1. The van der Waals surface area contributed by atoms with Gasteiger partial charge in [0.25, 0.3) is 0 Å². The molecule has 10 heteroatoms. The highest BCUT2D eigenvalue weighted by molar-refractivity contribution is 7.93. The zero-order valence-electron chi connectivity index (χ0n) is 16.0. The van der Waals surface area contributed by atoms with Crippen molar-refractivity contribution < 1.29 is 13.2 Å². The maximum absolute atomic E-state index is 13.1. The van der Waals surface area contributed by atoms with Gasteiger partial charge in [-0.3, -0.25) is 13.8 Å². The van der Waals surface area contributed by atoms with Crippen LogP contribution in [-0.2, 0) is 34.3 Å². The van der Waals surface area contributed by atoms with Crippen LogP contribution in [0.3, 0.4) is 0 Å². The number of rotatable bonds is 3. The van der Waals surface area contributed by atoms with E-state index in [-0.39, 0.29) is 17.7 Å². The van der Waals surface area contributed by atoms with Crippen molar-refractivity contribution in [3.05, 3.63) is 41.2 Å². The molecule has 1 amide bonds. The second-order valence-electron chi connectivity index (χ2n) is 7.60. The zero-order chi connectivity index (χ0) is 20.2. The minimum atomic E-state index is -3.29. The minimum absolute atomic E-state index is 0.00919. The monoisotopic (exact) mass is 431 g/mol. The molecule has 4 heterocycles. The average Bonchev–Trinajstić information content (AvgIpc) is 3.38. The Kier molecular flexibility index (Phi) is 4.36. The number of fused-ring (bicyclic) bond motifs is 2. The molecule has 0 bridgehead atoms. The topological polar surface area (TPSA) is 88.4 Å². The van der Waals surface area contributed by atoms with Crippen molar-refractivity contribution in [1.29, 1.82) is 0 Å². The molecule has 1 saturated heterocycles. The first kappa shape index (κ1) is 18.6. The molecule has 2 aliphatic heterocycles. The van der Waals surface area contributed by atoms with Gasteiger partial charge >= 0.3 is 0 Å². The van der Waals surface area contributed by atoms with Crippen molar-refractivity contribution in [1.82, 2.24) is 19.7 Å². The number of thiazole rings is 1. The fourth-order valence-corrected chi connectivity index (χ4v) is 6.44. The summed E-state index contributed by atoms with van der Waals surface area (Å²) in [5.41, 5.74) is 5.11. The molecule has 2 aliphatic rings. The first-order chi connectivity index (χ1) is 13.9. The van der Waals surface area contributed by atoms with Crippen LogP contribution in [0.2, 0.25) is 0 Å². The van der Waals surface area contributed by atoms with Crippen molar-refractivity contribution in [2.75, 3.05) is 16.6 Å². The van der Waals surface area contributed by atoms with E-state index >= 15 is 0 Å². The summed E-state index contributed by atoms with van der Waals surface area (Å²) in [7, 11) is -3.29. The van der Waals surface area contributed by atoms with Gasteiger partial charge in [-0.2, -0.15) is 5.10 Å². The average molecular weight is 432 g/mol. The quantitative estimate of drug-likeness (QED) is 0.633. The number of anilines is 1. The summed E-state index contributed by atoms with van der Waals surface area (Å²) in [6.07, 6.45) is 2.55. The van der Waals surface area contributed by atoms with Crippen molar-refractivity contribution in [3.63, 3.8) is 0 Å². The molecule has 8 nitrogen and oxygen atoms in total. The van der Waals surface area contributed by atoms with Crippen LogP contribution in [0.1, 0.15) is 24.6 Å². The van der Waals surface area contributed by atoms with Gasteiger partial charge < -0.3 is 4.90 Å². The molecule has 0 saturated carbocycles. The lowest BCUT2D eigenvalue weighted by molar-refractivity contribution is -0.134. The molecule has 0 radical (unpaired) electrons. The minimum Gasteiger partial charge on any atom is -0.332 e. The van der Waals surface area contributed by atoms with E-state index in [2.05, 4.69) is 10.1 Å². The SMILES string of the molecule is C[C@H]1Cn2ncc(N3CCCS3(=O)=O)c2CN1C(=O)Cc1ccc2ncsc2c1. The Bertz CT molecular complexity index is 1200. The van der Waals surface area contributed by atoms with Crippen molar-refractivity contribution in [2.45, 2.75) is 38.9 Å². The fraction of sp³-hybridized carbons (Fsp3) is 0.421. The van der Waals surface area contributed by atoms with Gasteiger partial charge in [-0.1, -0.05) is 6.07 Å². The van der Waals surface area contributed by atoms with Crippen LogP contribution in [-0.4, -0.2) is 52.3 Å². The molecule has 152 valence electrons. The normalized spacial score (nSPS) is 20.9. The van der Waals surface area contributed by atoms with E-state index in [1.165, 1.54) is 4.31 Å². The van der Waals surface area contributed by atoms with Crippen LogP contribution >= 0.6 is 11.3 Å². The second-order valence-corrected chi connectivity index (χ2v) is 10.5.